The zero-order valence-electron chi connectivity index (χ0n) is 17.6. The standard InChI is InChI=1S/C21H26FN5O4/c1-15-6-7-19(28)27(24-15)14-20(29)26-10-9-25(2)18(13-26)21(30)23-8-11-31-17-5-3-4-16(22)12-17/h3-7,12,18H,8-11,13-14H2,1-2H3,(H,23,30)/t18-/m0/s1. The molecule has 0 bridgehead atoms. The third-order valence-corrected chi connectivity index (χ3v) is 5.05. The Morgan fingerprint density at radius 1 is 1.26 bits per heavy atom. The van der Waals surface area contributed by atoms with Gasteiger partial charge in [-0.15, -0.1) is 0 Å². The number of carbonyl (C=O) groups is 2. The van der Waals surface area contributed by atoms with Gasteiger partial charge in [0.05, 0.1) is 12.2 Å². The van der Waals surface area contributed by atoms with Gasteiger partial charge in [0.1, 0.15) is 30.8 Å². The van der Waals surface area contributed by atoms with Crippen LogP contribution in [0.5, 0.6) is 5.75 Å². The zero-order valence-corrected chi connectivity index (χ0v) is 17.6. The number of benzene rings is 1. The number of nitrogens with one attached hydrogen (secondary N) is 1. The van der Waals surface area contributed by atoms with Gasteiger partial charge in [0.15, 0.2) is 0 Å². The molecule has 1 N–H and O–H groups in total. The van der Waals surface area contributed by atoms with E-state index >= 15 is 0 Å². The van der Waals surface area contributed by atoms with Crippen LogP contribution in [0, 0.1) is 12.7 Å². The lowest BCUT2D eigenvalue weighted by Crippen LogP contribution is -2.59. The fourth-order valence-electron chi connectivity index (χ4n) is 3.29. The Morgan fingerprint density at radius 2 is 2.06 bits per heavy atom. The summed E-state index contributed by atoms with van der Waals surface area (Å²) >= 11 is 0. The van der Waals surface area contributed by atoms with Crippen molar-refractivity contribution in [2.75, 3.05) is 39.8 Å². The van der Waals surface area contributed by atoms with E-state index in [2.05, 4.69) is 10.4 Å². The van der Waals surface area contributed by atoms with Crippen molar-refractivity contribution in [2.24, 2.45) is 0 Å². The molecule has 0 aliphatic carbocycles. The minimum atomic E-state index is -0.519. The third-order valence-electron chi connectivity index (χ3n) is 5.05. The van der Waals surface area contributed by atoms with Crippen LogP contribution in [0.3, 0.4) is 0 Å². The summed E-state index contributed by atoms with van der Waals surface area (Å²) in [4.78, 5) is 40.7. The van der Waals surface area contributed by atoms with Crippen molar-refractivity contribution in [2.45, 2.75) is 19.5 Å². The fourth-order valence-corrected chi connectivity index (χ4v) is 3.29. The summed E-state index contributed by atoms with van der Waals surface area (Å²) < 4.78 is 19.7. The maximum atomic E-state index is 13.2. The molecule has 1 aliphatic rings. The number of amides is 2. The van der Waals surface area contributed by atoms with Gasteiger partial charge in [-0.3, -0.25) is 19.3 Å². The predicted molar refractivity (Wildman–Crippen MR) is 111 cm³/mol. The van der Waals surface area contributed by atoms with Crippen molar-refractivity contribution in [3.05, 3.63) is 58.3 Å². The number of piperazine rings is 1. The number of ether oxygens (including phenoxy) is 1. The topological polar surface area (TPSA) is 96.8 Å². The zero-order chi connectivity index (χ0) is 22.4. The van der Waals surface area contributed by atoms with Crippen LogP contribution >= 0.6 is 0 Å². The number of hydrogen-bond donors (Lipinski definition) is 1. The summed E-state index contributed by atoms with van der Waals surface area (Å²) in [5, 5.41) is 6.88. The minimum Gasteiger partial charge on any atom is -0.492 e. The molecule has 2 amide bonds. The average molecular weight is 431 g/mol. The molecule has 166 valence electrons. The maximum absolute atomic E-state index is 13.2. The lowest BCUT2D eigenvalue weighted by molar-refractivity contribution is -0.138. The monoisotopic (exact) mass is 431 g/mol. The SMILES string of the molecule is Cc1ccc(=O)n(CC(=O)N2CCN(C)[C@H](C(=O)NCCOc3cccc(F)c3)C2)n1. The smallest absolute Gasteiger partial charge is 0.267 e. The van der Waals surface area contributed by atoms with E-state index in [0.717, 1.165) is 4.68 Å². The van der Waals surface area contributed by atoms with Crippen molar-refractivity contribution in [3.63, 3.8) is 0 Å². The molecular formula is C21H26FN5O4. The number of hydrogen-bond acceptors (Lipinski definition) is 6. The van der Waals surface area contributed by atoms with Gasteiger partial charge in [0.2, 0.25) is 11.8 Å². The second-order valence-corrected chi connectivity index (χ2v) is 7.40. The first kappa shape index (κ1) is 22.4. The summed E-state index contributed by atoms with van der Waals surface area (Å²) in [6.07, 6.45) is 0. The first-order valence-corrected chi connectivity index (χ1v) is 10.0. The van der Waals surface area contributed by atoms with E-state index in [9.17, 15) is 18.8 Å². The molecule has 1 saturated heterocycles. The van der Waals surface area contributed by atoms with Gasteiger partial charge in [0, 0.05) is 31.8 Å². The molecule has 2 aromatic rings. The molecule has 1 aromatic heterocycles. The molecule has 10 heteroatoms. The molecule has 31 heavy (non-hydrogen) atoms. The molecule has 3 rings (SSSR count). The van der Waals surface area contributed by atoms with Crippen LogP contribution < -0.4 is 15.6 Å². The van der Waals surface area contributed by atoms with Crippen LogP contribution in [0.4, 0.5) is 4.39 Å². The molecule has 1 fully saturated rings. The molecule has 0 saturated carbocycles. The summed E-state index contributed by atoms with van der Waals surface area (Å²) in [7, 11) is 1.82. The Hall–Kier alpha value is -3.27. The van der Waals surface area contributed by atoms with Crippen LogP contribution in [0.15, 0.2) is 41.2 Å². The summed E-state index contributed by atoms with van der Waals surface area (Å²) in [5.74, 6) is -0.492. The van der Waals surface area contributed by atoms with Crippen LogP contribution in [0.1, 0.15) is 5.69 Å². The molecule has 0 radical (unpaired) electrons. The van der Waals surface area contributed by atoms with Gasteiger partial charge < -0.3 is 15.0 Å². The summed E-state index contributed by atoms with van der Waals surface area (Å²) in [5.41, 5.74) is 0.296. The van der Waals surface area contributed by atoms with Crippen molar-refractivity contribution in [1.29, 1.82) is 0 Å². The number of likely N-dealkylation sites (N-methyl/N-ethyl adjacent to an activating group) is 1. The Bertz CT molecular complexity index is 996. The highest BCUT2D eigenvalue weighted by Gasteiger charge is 2.32. The number of aromatic nitrogens is 2. The molecule has 9 nitrogen and oxygen atoms in total. The second-order valence-electron chi connectivity index (χ2n) is 7.40. The Morgan fingerprint density at radius 3 is 2.84 bits per heavy atom. The highest BCUT2D eigenvalue weighted by atomic mass is 19.1. The van der Waals surface area contributed by atoms with E-state index < -0.39 is 11.9 Å². The first-order valence-electron chi connectivity index (χ1n) is 10.0. The van der Waals surface area contributed by atoms with Gasteiger partial charge in [-0.05, 0) is 32.2 Å². The van der Waals surface area contributed by atoms with E-state index in [-0.39, 0.29) is 43.6 Å². The third kappa shape index (κ3) is 6.11. The quantitative estimate of drug-likeness (QED) is 0.622. The largest absolute Gasteiger partial charge is 0.492 e. The van der Waals surface area contributed by atoms with Crippen molar-refractivity contribution in [3.8, 4) is 5.75 Å². The Kier molecular flexibility index (Phi) is 7.35. The van der Waals surface area contributed by atoms with Crippen molar-refractivity contribution >= 4 is 11.8 Å². The lowest BCUT2D eigenvalue weighted by Gasteiger charge is -2.38. The van der Waals surface area contributed by atoms with Crippen molar-refractivity contribution in [1.82, 2.24) is 24.9 Å². The van der Waals surface area contributed by atoms with Gasteiger partial charge in [-0.1, -0.05) is 6.07 Å². The van der Waals surface area contributed by atoms with E-state index in [0.29, 0.717) is 24.5 Å². The van der Waals surface area contributed by atoms with Gasteiger partial charge in [-0.25, -0.2) is 9.07 Å². The summed E-state index contributed by atoms with van der Waals surface area (Å²) in [6, 6.07) is 8.23. The Labute approximate surface area is 179 Å². The number of nitrogens with zero attached hydrogens (tertiary/aromatic N) is 4. The molecule has 0 spiro atoms. The normalized spacial score (nSPS) is 16.7. The number of halogens is 1. The van der Waals surface area contributed by atoms with Crippen molar-refractivity contribution < 1.29 is 18.7 Å². The van der Waals surface area contributed by atoms with E-state index in [1.807, 2.05) is 11.9 Å². The van der Waals surface area contributed by atoms with Crippen LogP contribution in [-0.2, 0) is 16.1 Å². The molecule has 2 heterocycles. The Balaban J connectivity index is 1.51. The van der Waals surface area contributed by atoms with E-state index in [1.54, 1.807) is 30.0 Å². The average Bonchev–Trinajstić information content (AvgIpc) is 2.74. The van der Waals surface area contributed by atoms with Gasteiger partial charge in [-0.2, -0.15) is 5.10 Å². The molecular weight excluding hydrogens is 405 g/mol. The molecule has 0 unspecified atom stereocenters. The number of rotatable bonds is 7. The molecule has 1 atom stereocenters. The second kappa shape index (κ2) is 10.2. The first-order chi connectivity index (χ1) is 14.8. The molecule has 1 aromatic carbocycles. The van der Waals surface area contributed by atoms with Crippen LogP contribution in [0.2, 0.25) is 0 Å². The predicted octanol–water partition coefficient (Wildman–Crippen LogP) is 0.0286. The van der Waals surface area contributed by atoms with Crippen LogP contribution in [0.25, 0.3) is 0 Å². The fraction of sp³-hybridized carbons (Fsp3) is 0.429. The van der Waals surface area contributed by atoms with Gasteiger partial charge in [0.25, 0.3) is 5.56 Å². The van der Waals surface area contributed by atoms with Crippen LogP contribution in [-0.4, -0.2) is 77.3 Å². The minimum absolute atomic E-state index is 0.167. The van der Waals surface area contributed by atoms with E-state index in [1.165, 1.54) is 18.2 Å². The highest BCUT2D eigenvalue weighted by molar-refractivity contribution is 5.83. The molecule has 1 aliphatic heterocycles. The number of carbonyl (C=O) groups excluding carboxylic acids is 2. The van der Waals surface area contributed by atoms with Gasteiger partial charge >= 0.3 is 0 Å². The lowest BCUT2D eigenvalue weighted by atomic mass is 10.1. The van der Waals surface area contributed by atoms with E-state index in [4.69, 9.17) is 4.74 Å². The maximum Gasteiger partial charge on any atom is 0.267 e. The number of aryl methyl sites for hydroxylation is 1. The highest BCUT2D eigenvalue weighted by Crippen LogP contribution is 2.12. The summed E-state index contributed by atoms with van der Waals surface area (Å²) in [6.45, 7) is 3.22.